The van der Waals surface area contributed by atoms with Crippen molar-refractivity contribution in [2.45, 2.75) is 25.4 Å². The van der Waals surface area contributed by atoms with Gasteiger partial charge in [-0.15, -0.1) is 0 Å². The molecule has 1 aliphatic heterocycles. The largest absolute Gasteiger partial charge is 0.394 e. The summed E-state index contributed by atoms with van der Waals surface area (Å²) < 4.78 is 6.49. The fourth-order valence-corrected chi connectivity index (χ4v) is 1.93. The van der Waals surface area contributed by atoms with E-state index in [1.807, 2.05) is 0 Å². The van der Waals surface area contributed by atoms with Gasteiger partial charge in [0.15, 0.2) is 6.23 Å². The molecule has 0 radical (unpaired) electrons. The van der Waals surface area contributed by atoms with Crippen molar-refractivity contribution in [3.63, 3.8) is 0 Å². The molecule has 7 heteroatoms. The highest BCUT2D eigenvalue weighted by Crippen LogP contribution is 2.32. The van der Waals surface area contributed by atoms with Crippen molar-refractivity contribution in [1.82, 2.24) is 9.55 Å². The Hall–Kier alpha value is -1.44. The zero-order chi connectivity index (χ0) is 12.6. The van der Waals surface area contributed by atoms with E-state index >= 15 is 0 Å². The van der Waals surface area contributed by atoms with Crippen LogP contribution in [0.5, 0.6) is 0 Å². The van der Waals surface area contributed by atoms with Gasteiger partial charge in [0.25, 0.3) is 5.56 Å². The van der Waals surface area contributed by atoms with Crippen LogP contribution in [0.4, 0.5) is 0 Å². The number of ether oxygens (including phenoxy) is 1. The maximum absolute atomic E-state index is 11.5. The lowest BCUT2D eigenvalue weighted by Crippen LogP contribution is -2.35. The number of aliphatic hydroxyl groups excluding tert-OH is 2. The quantitative estimate of drug-likeness (QED) is 0.580. The van der Waals surface area contributed by atoms with Crippen LogP contribution in [-0.4, -0.2) is 38.6 Å². The molecular formula is C10H14N2O5. The molecule has 1 aromatic heterocycles. The Bertz CT molecular complexity index is 508. The summed E-state index contributed by atoms with van der Waals surface area (Å²) in [7, 11) is 0. The SMILES string of the molecule is CC1[C@@H](O)[C@H](n2ccc(=O)[nH]c2=O)O[C@@H]1CO. The maximum Gasteiger partial charge on any atom is 0.330 e. The summed E-state index contributed by atoms with van der Waals surface area (Å²) in [5, 5.41) is 19.0. The topological polar surface area (TPSA) is 105 Å². The second-order valence-corrected chi connectivity index (χ2v) is 4.11. The summed E-state index contributed by atoms with van der Waals surface area (Å²) in [5.41, 5.74) is -1.15. The minimum absolute atomic E-state index is 0.229. The van der Waals surface area contributed by atoms with E-state index in [2.05, 4.69) is 4.98 Å². The molecule has 0 spiro atoms. The molecule has 0 bridgehead atoms. The molecule has 1 unspecified atom stereocenters. The van der Waals surface area contributed by atoms with Gasteiger partial charge in [0.05, 0.1) is 12.7 Å². The Kier molecular flexibility index (Phi) is 3.14. The van der Waals surface area contributed by atoms with Crippen molar-refractivity contribution in [3.05, 3.63) is 33.1 Å². The van der Waals surface area contributed by atoms with Crippen LogP contribution in [0.2, 0.25) is 0 Å². The van der Waals surface area contributed by atoms with Crippen molar-refractivity contribution < 1.29 is 14.9 Å². The number of H-pyrrole nitrogens is 1. The first-order valence-corrected chi connectivity index (χ1v) is 5.30. The number of aliphatic hydroxyl groups is 2. The van der Waals surface area contributed by atoms with Crippen molar-refractivity contribution in [2.75, 3.05) is 6.61 Å². The van der Waals surface area contributed by atoms with Gasteiger partial charge >= 0.3 is 5.69 Å². The highest BCUT2D eigenvalue weighted by Gasteiger charge is 2.41. The fraction of sp³-hybridized carbons (Fsp3) is 0.600. The molecule has 0 aromatic carbocycles. The molecule has 2 heterocycles. The summed E-state index contributed by atoms with van der Waals surface area (Å²) >= 11 is 0. The Balaban J connectivity index is 2.35. The first kappa shape index (κ1) is 12.0. The van der Waals surface area contributed by atoms with Crippen LogP contribution in [0, 0.1) is 5.92 Å². The molecule has 94 valence electrons. The van der Waals surface area contributed by atoms with Gasteiger partial charge in [0.1, 0.15) is 6.10 Å². The van der Waals surface area contributed by atoms with Gasteiger partial charge in [-0.1, -0.05) is 6.92 Å². The smallest absolute Gasteiger partial charge is 0.330 e. The van der Waals surface area contributed by atoms with E-state index in [-0.39, 0.29) is 12.5 Å². The molecular weight excluding hydrogens is 228 g/mol. The third kappa shape index (κ3) is 2.04. The molecule has 1 saturated heterocycles. The van der Waals surface area contributed by atoms with Crippen molar-refractivity contribution in [1.29, 1.82) is 0 Å². The predicted molar refractivity (Wildman–Crippen MR) is 57.5 cm³/mol. The summed E-state index contributed by atoms with van der Waals surface area (Å²) in [6.07, 6.45) is -1.04. The monoisotopic (exact) mass is 242 g/mol. The average molecular weight is 242 g/mol. The van der Waals surface area contributed by atoms with Crippen LogP contribution in [0.15, 0.2) is 21.9 Å². The maximum atomic E-state index is 11.5. The van der Waals surface area contributed by atoms with Gasteiger partial charge in [0, 0.05) is 18.2 Å². The highest BCUT2D eigenvalue weighted by atomic mass is 16.5. The second kappa shape index (κ2) is 4.44. The lowest BCUT2D eigenvalue weighted by Gasteiger charge is -2.17. The normalized spacial score (nSPS) is 32.9. The minimum atomic E-state index is -0.907. The number of rotatable bonds is 2. The molecule has 2 rings (SSSR count). The van der Waals surface area contributed by atoms with E-state index in [1.165, 1.54) is 12.3 Å². The van der Waals surface area contributed by atoms with Crippen LogP contribution in [0.25, 0.3) is 0 Å². The third-order valence-corrected chi connectivity index (χ3v) is 3.04. The molecule has 1 fully saturated rings. The number of aromatic amines is 1. The van der Waals surface area contributed by atoms with E-state index in [0.29, 0.717) is 0 Å². The third-order valence-electron chi connectivity index (χ3n) is 3.04. The molecule has 1 aromatic rings. The first-order valence-electron chi connectivity index (χ1n) is 5.30. The molecule has 0 saturated carbocycles. The first-order chi connectivity index (χ1) is 8.04. The van der Waals surface area contributed by atoms with Crippen molar-refractivity contribution in [3.8, 4) is 0 Å². The summed E-state index contributed by atoms with van der Waals surface area (Å²) in [4.78, 5) is 24.5. The zero-order valence-electron chi connectivity index (χ0n) is 9.24. The van der Waals surface area contributed by atoms with Gasteiger partial charge < -0.3 is 14.9 Å². The molecule has 4 atom stereocenters. The Morgan fingerprint density at radius 2 is 2.24 bits per heavy atom. The van der Waals surface area contributed by atoms with Gasteiger partial charge in [-0.2, -0.15) is 0 Å². The highest BCUT2D eigenvalue weighted by molar-refractivity contribution is 4.91. The van der Waals surface area contributed by atoms with Crippen LogP contribution in [0.3, 0.4) is 0 Å². The van der Waals surface area contributed by atoms with Gasteiger partial charge in [0.2, 0.25) is 0 Å². The second-order valence-electron chi connectivity index (χ2n) is 4.11. The van der Waals surface area contributed by atoms with Crippen molar-refractivity contribution in [2.24, 2.45) is 5.92 Å². The molecule has 7 nitrogen and oxygen atoms in total. The van der Waals surface area contributed by atoms with Crippen LogP contribution in [0.1, 0.15) is 13.2 Å². The summed E-state index contributed by atoms with van der Waals surface area (Å²) in [5.74, 6) is -0.288. The molecule has 17 heavy (non-hydrogen) atoms. The summed E-state index contributed by atoms with van der Waals surface area (Å²) in [6.45, 7) is 1.50. The number of aromatic nitrogens is 2. The average Bonchev–Trinajstić information content (AvgIpc) is 2.57. The number of nitrogens with one attached hydrogen (secondary N) is 1. The standard InChI is InChI=1S/C10H14N2O5/c1-5-6(4-13)17-9(8(5)15)12-3-2-7(14)11-10(12)16/h2-3,5-6,8-9,13,15H,4H2,1H3,(H,11,14,16)/t5?,6-,8-,9-/m1/s1. The number of hydrogen-bond donors (Lipinski definition) is 3. The molecule has 0 aliphatic carbocycles. The van der Waals surface area contributed by atoms with Gasteiger partial charge in [-0.05, 0) is 0 Å². The van der Waals surface area contributed by atoms with E-state index in [4.69, 9.17) is 9.84 Å². The van der Waals surface area contributed by atoms with E-state index in [0.717, 1.165) is 4.57 Å². The molecule has 0 amide bonds. The minimum Gasteiger partial charge on any atom is -0.394 e. The number of nitrogens with zero attached hydrogens (tertiary/aromatic N) is 1. The number of hydrogen-bond acceptors (Lipinski definition) is 5. The van der Waals surface area contributed by atoms with Gasteiger partial charge in [-0.3, -0.25) is 14.3 Å². The Labute approximate surface area is 96.3 Å². The van der Waals surface area contributed by atoms with Gasteiger partial charge in [-0.25, -0.2) is 4.79 Å². The zero-order valence-corrected chi connectivity index (χ0v) is 9.24. The van der Waals surface area contributed by atoms with Crippen LogP contribution in [-0.2, 0) is 4.74 Å². The lowest BCUT2D eigenvalue weighted by molar-refractivity contribution is -0.0534. The lowest BCUT2D eigenvalue weighted by atomic mass is 10.0. The molecule has 3 N–H and O–H groups in total. The van der Waals surface area contributed by atoms with E-state index < -0.39 is 29.7 Å². The van der Waals surface area contributed by atoms with Crippen LogP contribution >= 0.6 is 0 Å². The predicted octanol–water partition coefficient (Wildman–Crippen LogP) is -1.58. The van der Waals surface area contributed by atoms with Crippen molar-refractivity contribution >= 4 is 0 Å². The summed E-state index contributed by atoms with van der Waals surface area (Å²) in [6, 6.07) is 1.18. The van der Waals surface area contributed by atoms with E-state index in [1.54, 1.807) is 6.92 Å². The van der Waals surface area contributed by atoms with E-state index in [9.17, 15) is 14.7 Å². The fourth-order valence-electron chi connectivity index (χ4n) is 1.93. The Morgan fingerprint density at radius 3 is 2.76 bits per heavy atom. The molecule has 1 aliphatic rings. The van der Waals surface area contributed by atoms with Crippen LogP contribution < -0.4 is 11.2 Å². The Morgan fingerprint density at radius 1 is 1.53 bits per heavy atom.